The van der Waals surface area contributed by atoms with Crippen molar-refractivity contribution < 1.29 is 14.7 Å². The second-order valence-electron chi connectivity index (χ2n) is 6.35. The van der Waals surface area contributed by atoms with Gasteiger partial charge in [-0.05, 0) is 17.7 Å². The number of benzene rings is 1. The van der Waals surface area contributed by atoms with Crippen LogP contribution in [0.4, 0.5) is 0 Å². The third kappa shape index (κ3) is 5.42. The molecule has 0 atom stereocenters. The smallest absolute Gasteiger partial charge is 0.263 e. The lowest BCUT2D eigenvalue weighted by molar-refractivity contribution is -0.135. The Balaban J connectivity index is 1.49. The van der Waals surface area contributed by atoms with E-state index < -0.39 is 6.61 Å². The number of piperazine rings is 1. The van der Waals surface area contributed by atoms with Crippen LogP contribution in [0.15, 0.2) is 24.4 Å². The summed E-state index contributed by atoms with van der Waals surface area (Å²) in [5.41, 5.74) is 0.791. The molecule has 1 saturated heterocycles. The Morgan fingerprint density at radius 3 is 2.64 bits per heavy atom. The van der Waals surface area contributed by atoms with Crippen LogP contribution >= 0.6 is 34.5 Å². The van der Waals surface area contributed by atoms with Crippen molar-refractivity contribution in [1.29, 1.82) is 0 Å². The Labute approximate surface area is 176 Å². The number of aliphatic hydroxyl groups excluding tert-OH is 1. The van der Waals surface area contributed by atoms with E-state index in [4.69, 9.17) is 28.3 Å². The van der Waals surface area contributed by atoms with Gasteiger partial charge in [0.15, 0.2) is 0 Å². The van der Waals surface area contributed by atoms with E-state index in [1.54, 1.807) is 29.3 Å². The number of aliphatic hydroxyl groups is 1. The van der Waals surface area contributed by atoms with Crippen LogP contribution in [0.2, 0.25) is 10.0 Å². The van der Waals surface area contributed by atoms with Gasteiger partial charge in [0.2, 0.25) is 5.91 Å². The van der Waals surface area contributed by atoms with Crippen molar-refractivity contribution in [3.05, 3.63) is 49.9 Å². The molecule has 0 radical (unpaired) electrons. The maximum atomic E-state index is 12.4. The number of nitrogens with zero attached hydrogens (tertiary/aromatic N) is 3. The molecule has 0 aliphatic carbocycles. The predicted molar refractivity (Wildman–Crippen MR) is 109 cm³/mol. The Kier molecular flexibility index (Phi) is 7.25. The SMILES string of the molecule is O=C(NCc1ccc(Cl)cc1Cl)c1cnc(CN2CCN(C(=O)CO)CC2)s1. The van der Waals surface area contributed by atoms with E-state index in [-0.39, 0.29) is 11.8 Å². The zero-order chi connectivity index (χ0) is 20.1. The van der Waals surface area contributed by atoms with Gasteiger partial charge in [-0.15, -0.1) is 11.3 Å². The molecule has 2 N–H and O–H groups in total. The van der Waals surface area contributed by atoms with Crippen molar-refractivity contribution in [3.8, 4) is 0 Å². The number of hydrogen-bond donors (Lipinski definition) is 2. The summed E-state index contributed by atoms with van der Waals surface area (Å²) < 4.78 is 0. The quantitative estimate of drug-likeness (QED) is 0.714. The highest BCUT2D eigenvalue weighted by Gasteiger charge is 2.21. The fourth-order valence-corrected chi connectivity index (χ4v) is 4.21. The summed E-state index contributed by atoms with van der Waals surface area (Å²) in [5, 5.41) is 13.7. The summed E-state index contributed by atoms with van der Waals surface area (Å²) in [6.07, 6.45) is 1.57. The molecule has 28 heavy (non-hydrogen) atoms. The number of aromatic nitrogens is 1. The third-order valence-corrected chi connectivity index (χ3v) is 6.02. The van der Waals surface area contributed by atoms with Crippen LogP contribution in [-0.4, -0.2) is 64.5 Å². The topological polar surface area (TPSA) is 85.8 Å². The van der Waals surface area contributed by atoms with Gasteiger partial charge in [-0.2, -0.15) is 0 Å². The molecule has 1 aliphatic rings. The van der Waals surface area contributed by atoms with Crippen molar-refractivity contribution in [2.24, 2.45) is 0 Å². The Hall–Kier alpha value is -1.71. The first-order valence-corrected chi connectivity index (χ1v) is 10.3. The molecule has 0 saturated carbocycles. The number of hydrogen-bond acceptors (Lipinski definition) is 6. The van der Waals surface area contributed by atoms with E-state index in [0.717, 1.165) is 10.6 Å². The first-order valence-electron chi connectivity index (χ1n) is 8.74. The largest absolute Gasteiger partial charge is 0.387 e. The van der Waals surface area contributed by atoms with E-state index in [9.17, 15) is 9.59 Å². The standard InChI is InChI=1S/C18H20Cl2N4O3S/c19-13-2-1-12(14(20)7-13)8-22-18(27)15-9-21-16(28-15)10-23-3-5-24(6-4-23)17(26)11-25/h1-2,7,9,25H,3-6,8,10-11H2,(H,22,27). The van der Waals surface area contributed by atoms with Gasteiger partial charge in [-0.1, -0.05) is 29.3 Å². The molecule has 0 spiro atoms. The van der Waals surface area contributed by atoms with Crippen molar-refractivity contribution in [2.45, 2.75) is 13.1 Å². The van der Waals surface area contributed by atoms with Gasteiger partial charge in [-0.25, -0.2) is 4.98 Å². The highest BCUT2D eigenvalue weighted by atomic mass is 35.5. The van der Waals surface area contributed by atoms with Crippen LogP contribution in [0, 0.1) is 0 Å². The number of halogens is 2. The second-order valence-corrected chi connectivity index (χ2v) is 8.31. The molecule has 0 bridgehead atoms. The van der Waals surface area contributed by atoms with Crippen LogP contribution in [0.3, 0.4) is 0 Å². The molecule has 2 aromatic rings. The lowest BCUT2D eigenvalue weighted by Gasteiger charge is -2.33. The van der Waals surface area contributed by atoms with Gasteiger partial charge >= 0.3 is 0 Å². The summed E-state index contributed by atoms with van der Waals surface area (Å²) >= 11 is 13.3. The maximum Gasteiger partial charge on any atom is 0.263 e. The van der Waals surface area contributed by atoms with Gasteiger partial charge in [0.1, 0.15) is 16.5 Å². The summed E-state index contributed by atoms with van der Waals surface area (Å²) in [4.78, 5) is 32.6. The second kappa shape index (κ2) is 9.67. The normalized spacial score (nSPS) is 14.9. The number of amides is 2. The van der Waals surface area contributed by atoms with Gasteiger partial charge in [0, 0.05) is 42.8 Å². The number of rotatable bonds is 6. The lowest BCUT2D eigenvalue weighted by atomic mass is 10.2. The highest BCUT2D eigenvalue weighted by molar-refractivity contribution is 7.13. The minimum absolute atomic E-state index is 0.201. The Morgan fingerprint density at radius 1 is 1.21 bits per heavy atom. The third-order valence-electron chi connectivity index (χ3n) is 4.45. The maximum absolute atomic E-state index is 12.4. The van der Waals surface area contributed by atoms with Gasteiger partial charge < -0.3 is 15.3 Å². The first kappa shape index (κ1) is 21.0. The van der Waals surface area contributed by atoms with Crippen molar-refractivity contribution >= 4 is 46.4 Å². The molecule has 3 rings (SSSR count). The van der Waals surface area contributed by atoms with Crippen LogP contribution in [0.1, 0.15) is 20.2 Å². The molecule has 150 valence electrons. The predicted octanol–water partition coefficient (Wildman–Crippen LogP) is 2.02. The number of carbonyl (C=O) groups is 2. The Morgan fingerprint density at radius 2 is 1.96 bits per heavy atom. The lowest BCUT2D eigenvalue weighted by Crippen LogP contribution is -2.49. The van der Waals surface area contributed by atoms with Gasteiger partial charge in [-0.3, -0.25) is 14.5 Å². The molecule has 1 fully saturated rings. The summed E-state index contributed by atoms with van der Waals surface area (Å²) in [6, 6.07) is 5.15. The molecule has 1 aromatic carbocycles. The van der Waals surface area contributed by atoms with E-state index in [2.05, 4.69) is 15.2 Å². The first-order chi connectivity index (χ1) is 13.5. The molecule has 1 aromatic heterocycles. The summed E-state index contributed by atoms with van der Waals surface area (Å²) in [6.45, 7) is 3.07. The Bertz CT molecular complexity index is 853. The van der Waals surface area contributed by atoms with Crippen LogP contribution in [-0.2, 0) is 17.9 Å². The van der Waals surface area contributed by atoms with E-state index in [1.807, 2.05) is 0 Å². The van der Waals surface area contributed by atoms with Gasteiger partial charge in [0.25, 0.3) is 5.91 Å². The average Bonchev–Trinajstić information content (AvgIpc) is 3.15. The minimum atomic E-state index is -0.452. The highest BCUT2D eigenvalue weighted by Crippen LogP contribution is 2.21. The molecule has 2 heterocycles. The number of thiazole rings is 1. The molecular weight excluding hydrogens is 423 g/mol. The molecule has 7 nitrogen and oxygen atoms in total. The zero-order valence-electron chi connectivity index (χ0n) is 15.0. The monoisotopic (exact) mass is 442 g/mol. The zero-order valence-corrected chi connectivity index (χ0v) is 17.4. The van der Waals surface area contributed by atoms with Crippen LogP contribution in [0.25, 0.3) is 0 Å². The number of nitrogens with one attached hydrogen (secondary N) is 1. The fourth-order valence-electron chi connectivity index (χ4n) is 2.86. The van der Waals surface area contributed by atoms with Crippen molar-refractivity contribution in [2.75, 3.05) is 32.8 Å². The number of carbonyl (C=O) groups excluding carboxylic acids is 2. The molecule has 1 aliphatic heterocycles. The summed E-state index contributed by atoms with van der Waals surface area (Å²) in [7, 11) is 0. The van der Waals surface area contributed by atoms with E-state index in [0.29, 0.717) is 54.2 Å². The van der Waals surface area contributed by atoms with Crippen LogP contribution in [0.5, 0.6) is 0 Å². The average molecular weight is 443 g/mol. The van der Waals surface area contributed by atoms with E-state index >= 15 is 0 Å². The molecule has 0 unspecified atom stereocenters. The molecule has 10 heteroatoms. The van der Waals surface area contributed by atoms with E-state index in [1.165, 1.54) is 11.3 Å². The van der Waals surface area contributed by atoms with Crippen LogP contribution < -0.4 is 5.32 Å². The van der Waals surface area contributed by atoms with Crippen molar-refractivity contribution in [3.63, 3.8) is 0 Å². The minimum Gasteiger partial charge on any atom is -0.387 e. The molecule has 2 amide bonds. The van der Waals surface area contributed by atoms with Crippen molar-refractivity contribution in [1.82, 2.24) is 20.1 Å². The molecular formula is C18H20Cl2N4O3S. The fraction of sp³-hybridized carbons (Fsp3) is 0.389. The van der Waals surface area contributed by atoms with Gasteiger partial charge in [0.05, 0.1) is 12.7 Å². The summed E-state index contributed by atoms with van der Waals surface area (Å²) in [5.74, 6) is -0.443.